The average molecular weight is 251 g/mol. The van der Waals surface area contributed by atoms with Crippen LogP contribution >= 0.6 is 0 Å². The second-order valence-electron chi connectivity index (χ2n) is 5.65. The molecule has 2 aromatic carbocycles. The van der Waals surface area contributed by atoms with Crippen molar-refractivity contribution in [3.63, 3.8) is 0 Å². The third kappa shape index (κ3) is 2.37. The number of rotatable bonds is 2. The second kappa shape index (κ2) is 5.08. The Hall–Kier alpha value is -1.76. The summed E-state index contributed by atoms with van der Waals surface area (Å²) >= 11 is 0. The van der Waals surface area contributed by atoms with Gasteiger partial charge in [-0.15, -0.1) is 0 Å². The topological polar surface area (TPSA) is 3.24 Å². The van der Waals surface area contributed by atoms with E-state index in [1.807, 2.05) is 0 Å². The number of fused-ring (bicyclic) bond motifs is 1. The van der Waals surface area contributed by atoms with Crippen molar-refractivity contribution in [3.8, 4) is 0 Å². The van der Waals surface area contributed by atoms with E-state index in [4.69, 9.17) is 0 Å². The smallest absolute Gasteiger partial charge is 0.0432 e. The molecule has 0 fully saturated rings. The molecule has 0 aromatic heterocycles. The van der Waals surface area contributed by atoms with Gasteiger partial charge in [-0.2, -0.15) is 0 Å². The van der Waals surface area contributed by atoms with Crippen LogP contribution in [0.15, 0.2) is 48.5 Å². The van der Waals surface area contributed by atoms with Gasteiger partial charge in [0, 0.05) is 18.8 Å². The van der Waals surface area contributed by atoms with Gasteiger partial charge in [0.15, 0.2) is 0 Å². The summed E-state index contributed by atoms with van der Waals surface area (Å²) in [7, 11) is 0. The van der Waals surface area contributed by atoms with E-state index in [1.165, 1.54) is 22.4 Å². The third-order valence-corrected chi connectivity index (χ3v) is 4.03. The fourth-order valence-electron chi connectivity index (χ4n) is 2.97. The molecular weight excluding hydrogens is 230 g/mol. The van der Waals surface area contributed by atoms with Crippen LogP contribution in [0.1, 0.15) is 36.5 Å². The quantitative estimate of drug-likeness (QED) is 0.766. The van der Waals surface area contributed by atoms with E-state index in [-0.39, 0.29) is 0 Å². The van der Waals surface area contributed by atoms with E-state index in [2.05, 4.69) is 67.3 Å². The first-order valence-electron chi connectivity index (χ1n) is 7.16. The number of para-hydroxylation sites is 1. The Morgan fingerprint density at radius 3 is 2.37 bits per heavy atom. The van der Waals surface area contributed by atoms with Crippen molar-refractivity contribution in [2.75, 3.05) is 11.4 Å². The van der Waals surface area contributed by atoms with Gasteiger partial charge in [0.25, 0.3) is 0 Å². The largest absolute Gasteiger partial charge is 0.367 e. The van der Waals surface area contributed by atoms with Gasteiger partial charge in [-0.1, -0.05) is 56.3 Å². The molecule has 0 radical (unpaired) electrons. The molecule has 0 atom stereocenters. The number of anilines is 1. The lowest BCUT2D eigenvalue weighted by Crippen LogP contribution is -2.31. The van der Waals surface area contributed by atoms with E-state index in [0.717, 1.165) is 19.5 Å². The second-order valence-corrected chi connectivity index (χ2v) is 5.65. The molecule has 0 saturated carbocycles. The van der Waals surface area contributed by atoms with Gasteiger partial charge >= 0.3 is 0 Å². The lowest BCUT2D eigenvalue weighted by atomic mass is 9.96. The molecule has 1 nitrogen and oxygen atoms in total. The van der Waals surface area contributed by atoms with Gasteiger partial charge < -0.3 is 4.90 Å². The monoisotopic (exact) mass is 251 g/mol. The van der Waals surface area contributed by atoms with Crippen molar-refractivity contribution in [3.05, 3.63) is 65.2 Å². The lowest BCUT2D eigenvalue weighted by molar-refractivity contribution is 0.720. The zero-order chi connectivity index (χ0) is 13.2. The first-order valence-corrected chi connectivity index (χ1v) is 7.16. The molecule has 0 bridgehead atoms. The highest BCUT2D eigenvalue weighted by Gasteiger charge is 2.18. The molecule has 0 aliphatic carbocycles. The first-order chi connectivity index (χ1) is 9.25. The fraction of sp³-hybridized carbons (Fsp3) is 0.333. The summed E-state index contributed by atoms with van der Waals surface area (Å²) < 4.78 is 0. The highest BCUT2D eigenvalue weighted by Crippen LogP contribution is 2.31. The number of hydrogen-bond donors (Lipinski definition) is 0. The minimum Gasteiger partial charge on any atom is -0.367 e. The van der Waals surface area contributed by atoms with Gasteiger partial charge in [-0.25, -0.2) is 0 Å². The molecule has 1 aliphatic heterocycles. The molecular formula is C18H21N. The Morgan fingerprint density at radius 2 is 1.58 bits per heavy atom. The van der Waals surface area contributed by atoms with E-state index >= 15 is 0 Å². The maximum absolute atomic E-state index is 2.53. The maximum atomic E-state index is 2.53. The summed E-state index contributed by atoms with van der Waals surface area (Å²) in [4.78, 5) is 2.53. The van der Waals surface area contributed by atoms with E-state index < -0.39 is 0 Å². The summed E-state index contributed by atoms with van der Waals surface area (Å²) in [5.41, 5.74) is 5.86. The van der Waals surface area contributed by atoms with Crippen molar-refractivity contribution >= 4 is 5.69 Å². The molecule has 2 aromatic rings. The molecule has 0 N–H and O–H groups in total. The minimum absolute atomic E-state index is 0.577. The van der Waals surface area contributed by atoms with Crippen LogP contribution in [0.4, 0.5) is 5.69 Å². The SMILES string of the molecule is CC(C)c1ccccc1N1CCc2ccccc2C1. The van der Waals surface area contributed by atoms with Crippen molar-refractivity contribution in [1.82, 2.24) is 0 Å². The van der Waals surface area contributed by atoms with Crippen molar-refractivity contribution in [2.45, 2.75) is 32.7 Å². The molecule has 0 unspecified atom stereocenters. The van der Waals surface area contributed by atoms with Crippen LogP contribution < -0.4 is 4.90 Å². The zero-order valence-electron chi connectivity index (χ0n) is 11.8. The zero-order valence-corrected chi connectivity index (χ0v) is 11.8. The fourth-order valence-corrected chi connectivity index (χ4v) is 2.97. The van der Waals surface area contributed by atoms with Gasteiger partial charge in [0.2, 0.25) is 0 Å². The molecule has 19 heavy (non-hydrogen) atoms. The predicted molar refractivity (Wildman–Crippen MR) is 81.7 cm³/mol. The van der Waals surface area contributed by atoms with E-state index in [9.17, 15) is 0 Å². The molecule has 3 rings (SSSR count). The highest BCUT2D eigenvalue weighted by atomic mass is 15.1. The van der Waals surface area contributed by atoms with Gasteiger partial charge in [-0.3, -0.25) is 0 Å². The van der Waals surface area contributed by atoms with Crippen molar-refractivity contribution in [1.29, 1.82) is 0 Å². The maximum Gasteiger partial charge on any atom is 0.0432 e. The van der Waals surface area contributed by atoms with Crippen LogP contribution in [0.5, 0.6) is 0 Å². The first kappa shape index (κ1) is 12.3. The number of benzene rings is 2. The molecule has 1 heteroatoms. The standard InChI is InChI=1S/C18H21N/c1-14(2)17-9-5-6-10-18(17)19-12-11-15-7-3-4-8-16(15)13-19/h3-10,14H,11-13H2,1-2H3. The summed E-state index contributed by atoms with van der Waals surface area (Å²) in [6, 6.07) is 17.7. The Kier molecular flexibility index (Phi) is 3.29. The Bertz CT molecular complexity index is 571. The van der Waals surface area contributed by atoms with Gasteiger partial charge in [0.05, 0.1) is 0 Å². The van der Waals surface area contributed by atoms with Gasteiger partial charge in [-0.05, 0) is 35.1 Å². The predicted octanol–water partition coefficient (Wildman–Crippen LogP) is 4.37. The van der Waals surface area contributed by atoms with Crippen LogP contribution in [0.3, 0.4) is 0 Å². The Balaban J connectivity index is 1.93. The highest BCUT2D eigenvalue weighted by molar-refractivity contribution is 5.56. The van der Waals surface area contributed by atoms with E-state index in [1.54, 1.807) is 0 Å². The van der Waals surface area contributed by atoms with Crippen LogP contribution in [-0.4, -0.2) is 6.54 Å². The number of nitrogens with zero attached hydrogens (tertiary/aromatic N) is 1. The lowest BCUT2D eigenvalue weighted by Gasteiger charge is -2.33. The molecule has 98 valence electrons. The molecule has 1 aliphatic rings. The summed E-state index contributed by atoms with van der Waals surface area (Å²) in [5.74, 6) is 0.577. The Morgan fingerprint density at radius 1 is 0.895 bits per heavy atom. The van der Waals surface area contributed by atoms with Crippen LogP contribution in [0.2, 0.25) is 0 Å². The van der Waals surface area contributed by atoms with Crippen LogP contribution in [0, 0.1) is 0 Å². The summed E-state index contributed by atoms with van der Waals surface area (Å²) in [5, 5.41) is 0. The third-order valence-electron chi connectivity index (χ3n) is 4.03. The molecule has 1 heterocycles. The van der Waals surface area contributed by atoms with Crippen LogP contribution in [-0.2, 0) is 13.0 Å². The molecule has 0 spiro atoms. The number of hydrogen-bond acceptors (Lipinski definition) is 1. The average Bonchev–Trinajstić information content (AvgIpc) is 2.46. The normalized spacial score (nSPS) is 14.6. The van der Waals surface area contributed by atoms with E-state index in [0.29, 0.717) is 5.92 Å². The summed E-state index contributed by atoms with van der Waals surface area (Å²) in [6.07, 6.45) is 1.16. The molecule has 0 amide bonds. The Labute approximate surface area is 115 Å². The minimum atomic E-state index is 0.577. The molecule has 0 saturated heterocycles. The van der Waals surface area contributed by atoms with Gasteiger partial charge in [0.1, 0.15) is 0 Å². The van der Waals surface area contributed by atoms with Crippen molar-refractivity contribution < 1.29 is 0 Å². The van der Waals surface area contributed by atoms with Crippen molar-refractivity contribution in [2.24, 2.45) is 0 Å². The summed E-state index contributed by atoms with van der Waals surface area (Å²) in [6.45, 7) is 6.72. The van der Waals surface area contributed by atoms with Crippen LogP contribution in [0.25, 0.3) is 0 Å².